The summed E-state index contributed by atoms with van der Waals surface area (Å²) in [5, 5.41) is 0. The molecule has 1 rings (SSSR count). The van der Waals surface area contributed by atoms with Gasteiger partial charge in [0.25, 0.3) is 0 Å². The van der Waals surface area contributed by atoms with Gasteiger partial charge in [0, 0.05) is 13.1 Å². The van der Waals surface area contributed by atoms with Gasteiger partial charge in [0.2, 0.25) is 0 Å². The van der Waals surface area contributed by atoms with Gasteiger partial charge in [-0.1, -0.05) is 26.2 Å². The molecule has 2 nitrogen and oxygen atoms in total. The highest BCUT2D eigenvalue weighted by molar-refractivity contribution is 14.0. The van der Waals surface area contributed by atoms with E-state index in [9.17, 15) is 0 Å². The van der Waals surface area contributed by atoms with Crippen molar-refractivity contribution < 1.29 is 0 Å². The molecule has 1 unspecified atom stereocenters. The van der Waals surface area contributed by atoms with Gasteiger partial charge >= 0.3 is 0 Å². The molecule has 1 aliphatic heterocycles. The molecular formula is C11H25IN2. The molecule has 0 spiro atoms. The summed E-state index contributed by atoms with van der Waals surface area (Å²) in [6.45, 7) is 8.39. The van der Waals surface area contributed by atoms with Crippen molar-refractivity contribution in [1.29, 1.82) is 0 Å². The molecule has 0 N–H and O–H groups in total. The molecule has 86 valence electrons. The molecule has 0 aliphatic carbocycles. The first-order valence-corrected chi connectivity index (χ1v) is 5.70. The van der Waals surface area contributed by atoms with Gasteiger partial charge in [-0.2, -0.15) is 0 Å². The molecule has 1 heterocycles. The maximum atomic E-state index is 2.59. The normalized spacial score (nSPS) is 23.8. The Morgan fingerprint density at radius 2 is 1.86 bits per heavy atom. The predicted octanol–water partition coefficient (Wildman–Crippen LogP) is 2.78. The molecule has 0 aromatic carbocycles. The summed E-state index contributed by atoms with van der Waals surface area (Å²) in [4.78, 5) is 5.02. The summed E-state index contributed by atoms with van der Waals surface area (Å²) >= 11 is 0. The fraction of sp³-hybridized carbons (Fsp3) is 1.00. The van der Waals surface area contributed by atoms with E-state index in [-0.39, 0.29) is 24.0 Å². The maximum absolute atomic E-state index is 2.59. The predicted molar refractivity (Wildman–Crippen MR) is 73.2 cm³/mol. The number of nitrogens with zero attached hydrogens (tertiary/aromatic N) is 2. The van der Waals surface area contributed by atoms with Gasteiger partial charge in [0.1, 0.15) is 0 Å². The largest absolute Gasteiger partial charge is 0.290 e. The third-order valence-electron chi connectivity index (χ3n) is 3.21. The minimum atomic E-state index is 0. The van der Waals surface area contributed by atoms with Crippen LogP contribution < -0.4 is 0 Å². The Kier molecular flexibility index (Phi) is 8.25. The van der Waals surface area contributed by atoms with Gasteiger partial charge in [0.15, 0.2) is 0 Å². The summed E-state index contributed by atoms with van der Waals surface area (Å²) in [6.07, 6.45) is 6.20. The molecule has 0 aromatic rings. The van der Waals surface area contributed by atoms with Gasteiger partial charge in [0.05, 0.1) is 6.17 Å². The van der Waals surface area contributed by atoms with Crippen LogP contribution in [-0.2, 0) is 0 Å². The van der Waals surface area contributed by atoms with Crippen molar-refractivity contribution in [2.75, 3.05) is 26.7 Å². The Hall–Kier alpha value is 0.650. The molecule has 0 aromatic heterocycles. The van der Waals surface area contributed by atoms with Crippen LogP contribution in [0.3, 0.4) is 0 Å². The summed E-state index contributed by atoms with van der Waals surface area (Å²) < 4.78 is 0. The number of hydrogen-bond donors (Lipinski definition) is 0. The lowest BCUT2D eigenvalue weighted by atomic mass is 10.2. The summed E-state index contributed by atoms with van der Waals surface area (Å²) in [5.74, 6) is 0. The van der Waals surface area contributed by atoms with E-state index in [1.165, 1.54) is 45.3 Å². The highest BCUT2D eigenvalue weighted by atomic mass is 127. The van der Waals surface area contributed by atoms with E-state index in [0.29, 0.717) is 6.17 Å². The lowest BCUT2D eigenvalue weighted by Crippen LogP contribution is -2.34. The van der Waals surface area contributed by atoms with E-state index in [1.807, 2.05) is 0 Å². The number of rotatable bonds is 5. The van der Waals surface area contributed by atoms with Crippen molar-refractivity contribution in [3.05, 3.63) is 0 Å². The fourth-order valence-corrected chi connectivity index (χ4v) is 1.98. The molecule has 0 bridgehead atoms. The van der Waals surface area contributed by atoms with Gasteiger partial charge < -0.3 is 0 Å². The van der Waals surface area contributed by atoms with Crippen molar-refractivity contribution >= 4 is 24.0 Å². The van der Waals surface area contributed by atoms with Crippen molar-refractivity contribution in [2.24, 2.45) is 0 Å². The first-order chi connectivity index (χ1) is 6.25. The SMILES string of the molecule is CCCCCCN1CCN(C)C1C.I. The Bertz CT molecular complexity index is 141. The zero-order valence-electron chi connectivity index (χ0n) is 9.83. The average molecular weight is 312 g/mol. The zero-order chi connectivity index (χ0) is 9.68. The topological polar surface area (TPSA) is 6.48 Å². The van der Waals surface area contributed by atoms with Crippen LogP contribution in [0, 0.1) is 0 Å². The zero-order valence-corrected chi connectivity index (χ0v) is 12.2. The second-order valence-electron chi connectivity index (χ2n) is 4.21. The molecule has 0 saturated carbocycles. The number of unbranched alkanes of at least 4 members (excludes halogenated alkanes) is 3. The van der Waals surface area contributed by atoms with E-state index in [0.717, 1.165) is 0 Å². The number of halogens is 1. The van der Waals surface area contributed by atoms with Gasteiger partial charge in [-0.05, 0) is 26.9 Å². The fourth-order valence-electron chi connectivity index (χ4n) is 1.98. The van der Waals surface area contributed by atoms with Crippen molar-refractivity contribution in [3.8, 4) is 0 Å². The molecule has 0 radical (unpaired) electrons. The Morgan fingerprint density at radius 3 is 2.36 bits per heavy atom. The van der Waals surface area contributed by atoms with Crippen molar-refractivity contribution in [3.63, 3.8) is 0 Å². The second kappa shape index (κ2) is 7.88. The van der Waals surface area contributed by atoms with Crippen LogP contribution in [0.4, 0.5) is 0 Å². The van der Waals surface area contributed by atoms with Crippen LogP contribution in [-0.4, -0.2) is 42.6 Å². The summed E-state index contributed by atoms with van der Waals surface area (Å²) in [6, 6.07) is 0. The van der Waals surface area contributed by atoms with Crippen LogP contribution >= 0.6 is 24.0 Å². The molecule has 1 aliphatic rings. The maximum Gasteiger partial charge on any atom is 0.0591 e. The minimum Gasteiger partial charge on any atom is -0.290 e. The van der Waals surface area contributed by atoms with E-state index >= 15 is 0 Å². The lowest BCUT2D eigenvalue weighted by Gasteiger charge is -2.23. The quantitative estimate of drug-likeness (QED) is 0.569. The van der Waals surface area contributed by atoms with Crippen LogP contribution in [0.15, 0.2) is 0 Å². The van der Waals surface area contributed by atoms with Gasteiger partial charge in [-0.3, -0.25) is 9.80 Å². The number of hydrogen-bond acceptors (Lipinski definition) is 2. The molecular weight excluding hydrogens is 287 g/mol. The first kappa shape index (κ1) is 14.6. The molecule has 1 fully saturated rings. The first-order valence-electron chi connectivity index (χ1n) is 5.70. The van der Waals surface area contributed by atoms with Gasteiger partial charge in [-0.15, -0.1) is 24.0 Å². The van der Waals surface area contributed by atoms with Crippen LogP contribution in [0.5, 0.6) is 0 Å². The van der Waals surface area contributed by atoms with E-state index in [2.05, 4.69) is 30.7 Å². The van der Waals surface area contributed by atoms with Crippen molar-refractivity contribution in [2.45, 2.75) is 45.7 Å². The monoisotopic (exact) mass is 312 g/mol. The number of likely N-dealkylation sites (N-methyl/N-ethyl adjacent to an activating group) is 1. The highest BCUT2D eigenvalue weighted by Gasteiger charge is 2.23. The lowest BCUT2D eigenvalue weighted by molar-refractivity contribution is 0.174. The molecule has 3 heteroatoms. The molecule has 1 atom stereocenters. The standard InChI is InChI=1S/C11H24N2.HI/c1-4-5-6-7-8-13-10-9-12(3)11(13)2;/h11H,4-10H2,1-3H3;1H. The van der Waals surface area contributed by atoms with Gasteiger partial charge in [-0.25, -0.2) is 0 Å². The van der Waals surface area contributed by atoms with E-state index in [1.54, 1.807) is 0 Å². The Balaban J connectivity index is 0.00000169. The molecule has 1 saturated heterocycles. The van der Waals surface area contributed by atoms with Crippen LogP contribution in [0.2, 0.25) is 0 Å². The molecule has 14 heavy (non-hydrogen) atoms. The Labute approximate surface area is 106 Å². The summed E-state index contributed by atoms with van der Waals surface area (Å²) in [5.41, 5.74) is 0. The average Bonchev–Trinajstić information content (AvgIpc) is 2.43. The second-order valence-corrected chi connectivity index (χ2v) is 4.21. The van der Waals surface area contributed by atoms with E-state index in [4.69, 9.17) is 0 Å². The highest BCUT2D eigenvalue weighted by Crippen LogP contribution is 2.12. The molecule has 0 amide bonds. The van der Waals surface area contributed by atoms with Crippen molar-refractivity contribution in [1.82, 2.24) is 9.80 Å². The smallest absolute Gasteiger partial charge is 0.0591 e. The van der Waals surface area contributed by atoms with Crippen LogP contribution in [0.1, 0.15) is 39.5 Å². The Morgan fingerprint density at radius 1 is 1.14 bits per heavy atom. The third kappa shape index (κ3) is 4.45. The minimum absolute atomic E-state index is 0. The summed E-state index contributed by atoms with van der Waals surface area (Å²) in [7, 11) is 2.22. The van der Waals surface area contributed by atoms with Crippen LogP contribution in [0.25, 0.3) is 0 Å². The van der Waals surface area contributed by atoms with E-state index < -0.39 is 0 Å². The third-order valence-corrected chi connectivity index (χ3v) is 3.21.